The van der Waals surface area contributed by atoms with Crippen molar-refractivity contribution in [1.82, 2.24) is 5.32 Å². The fourth-order valence-electron chi connectivity index (χ4n) is 1.89. The first-order chi connectivity index (χ1) is 9.54. The quantitative estimate of drug-likeness (QED) is 0.826. The maximum Gasteiger partial charge on any atom is 0.220 e. The Balaban J connectivity index is 1.82. The number of carbonyl (C=O) groups excluding carboxylic acids is 1. The Morgan fingerprint density at radius 1 is 1.30 bits per heavy atom. The van der Waals surface area contributed by atoms with E-state index in [9.17, 15) is 4.79 Å². The van der Waals surface area contributed by atoms with Gasteiger partial charge in [-0.25, -0.2) is 0 Å². The lowest BCUT2D eigenvalue weighted by molar-refractivity contribution is -0.121. The molecular formula is C15H17ClN2OS. The summed E-state index contributed by atoms with van der Waals surface area (Å²) in [6, 6.07) is 11.4. The van der Waals surface area contributed by atoms with Gasteiger partial charge in [0.2, 0.25) is 5.91 Å². The average molecular weight is 309 g/mol. The van der Waals surface area contributed by atoms with Gasteiger partial charge >= 0.3 is 0 Å². The second-order valence-electron chi connectivity index (χ2n) is 4.67. The summed E-state index contributed by atoms with van der Waals surface area (Å²) in [5.41, 5.74) is 7.48. The van der Waals surface area contributed by atoms with E-state index in [1.165, 1.54) is 11.3 Å². The van der Waals surface area contributed by atoms with Gasteiger partial charge in [-0.2, -0.15) is 0 Å². The van der Waals surface area contributed by atoms with Crippen LogP contribution < -0.4 is 11.1 Å². The zero-order valence-corrected chi connectivity index (χ0v) is 12.8. The number of hydrogen-bond acceptors (Lipinski definition) is 3. The molecule has 0 radical (unpaired) electrons. The number of amides is 1. The van der Waals surface area contributed by atoms with Crippen molar-refractivity contribution in [3.8, 4) is 0 Å². The number of hydrogen-bond donors (Lipinski definition) is 2. The number of benzene rings is 1. The first kappa shape index (κ1) is 14.9. The van der Waals surface area contributed by atoms with Crippen LogP contribution in [-0.2, 0) is 11.2 Å². The number of anilines is 1. The van der Waals surface area contributed by atoms with E-state index in [0.29, 0.717) is 12.8 Å². The van der Waals surface area contributed by atoms with Crippen LogP contribution in [0.3, 0.4) is 0 Å². The van der Waals surface area contributed by atoms with Crippen LogP contribution in [0.2, 0.25) is 4.34 Å². The molecule has 0 spiro atoms. The summed E-state index contributed by atoms with van der Waals surface area (Å²) in [5.74, 6) is 0.0406. The summed E-state index contributed by atoms with van der Waals surface area (Å²) < 4.78 is 0.739. The van der Waals surface area contributed by atoms with Crippen LogP contribution >= 0.6 is 22.9 Å². The molecule has 0 aliphatic heterocycles. The molecule has 1 heterocycles. The van der Waals surface area contributed by atoms with Gasteiger partial charge in [0, 0.05) is 17.0 Å². The van der Waals surface area contributed by atoms with E-state index in [-0.39, 0.29) is 11.9 Å². The average Bonchev–Trinajstić information content (AvgIpc) is 2.85. The lowest BCUT2D eigenvalue weighted by atomic mass is 10.1. The van der Waals surface area contributed by atoms with E-state index in [1.54, 1.807) is 0 Å². The van der Waals surface area contributed by atoms with Gasteiger partial charge in [-0.1, -0.05) is 23.7 Å². The van der Waals surface area contributed by atoms with Gasteiger partial charge in [0.15, 0.2) is 0 Å². The molecule has 0 saturated heterocycles. The van der Waals surface area contributed by atoms with Crippen molar-refractivity contribution in [2.24, 2.45) is 0 Å². The van der Waals surface area contributed by atoms with Gasteiger partial charge in [-0.05, 0) is 43.2 Å². The molecule has 1 aromatic carbocycles. The third-order valence-electron chi connectivity index (χ3n) is 3.02. The number of carbonyl (C=O) groups is 1. The van der Waals surface area contributed by atoms with Crippen molar-refractivity contribution >= 4 is 34.5 Å². The van der Waals surface area contributed by atoms with Crippen LogP contribution in [0.5, 0.6) is 0 Å². The minimum Gasteiger partial charge on any atom is -0.399 e. The monoisotopic (exact) mass is 308 g/mol. The number of nitrogens with one attached hydrogen (secondary N) is 1. The molecule has 2 aromatic rings. The van der Waals surface area contributed by atoms with E-state index < -0.39 is 0 Å². The van der Waals surface area contributed by atoms with Gasteiger partial charge in [0.1, 0.15) is 0 Å². The molecule has 3 nitrogen and oxygen atoms in total. The van der Waals surface area contributed by atoms with Crippen LogP contribution in [0.4, 0.5) is 5.69 Å². The summed E-state index contributed by atoms with van der Waals surface area (Å²) in [4.78, 5) is 13.0. The van der Waals surface area contributed by atoms with Crippen molar-refractivity contribution in [2.75, 3.05) is 5.73 Å². The Labute approximate surface area is 127 Å². The van der Waals surface area contributed by atoms with Crippen molar-refractivity contribution in [3.63, 3.8) is 0 Å². The van der Waals surface area contributed by atoms with Gasteiger partial charge < -0.3 is 11.1 Å². The minimum atomic E-state index is -0.00795. The van der Waals surface area contributed by atoms with Crippen LogP contribution in [0.25, 0.3) is 0 Å². The van der Waals surface area contributed by atoms with Gasteiger partial charge in [-0.3, -0.25) is 4.79 Å². The molecule has 1 unspecified atom stereocenters. The summed E-state index contributed by atoms with van der Waals surface area (Å²) in [6.45, 7) is 1.96. The van der Waals surface area contributed by atoms with Gasteiger partial charge in [-0.15, -0.1) is 11.3 Å². The predicted molar refractivity (Wildman–Crippen MR) is 85.1 cm³/mol. The Morgan fingerprint density at radius 2 is 2.00 bits per heavy atom. The molecule has 3 N–H and O–H groups in total. The fourth-order valence-corrected chi connectivity index (χ4v) is 2.95. The normalized spacial score (nSPS) is 12.1. The lowest BCUT2D eigenvalue weighted by Gasteiger charge is -2.12. The van der Waals surface area contributed by atoms with Gasteiger partial charge in [0.05, 0.1) is 10.4 Å². The molecule has 0 aliphatic carbocycles. The molecule has 20 heavy (non-hydrogen) atoms. The van der Waals surface area contributed by atoms with E-state index in [0.717, 1.165) is 20.5 Å². The van der Waals surface area contributed by atoms with Crippen LogP contribution in [-0.4, -0.2) is 5.91 Å². The van der Waals surface area contributed by atoms with Crippen LogP contribution in [0.15, 0.2) is 36.4 Å². The number of halogens is 1. The molecule has 0 saturated carbocycles. The highest BCUT2D eigenvalue weighted by Crippen LogP contribution is 2.26. The highest BCUT2D eigenvalue weighted by atomic mass is 35.5. The summed E-state index contributed by atoms with van der Waals surface area (Å²) in [6.07, 6.45) is 1.18. The summed E-state index contributed by atoms with van der Waals surface area (Å²) >= 11 is 7.38. The third-order valence-corrected chi connectivity index (χ3v) is 4.43. The standard InChI is InChI=1S/C15H17ClN2OS/c1-10(13-7-8-14(16)20-13)18-15(19)9-4-11-2-5-12(17)6-3-11/h2-3,5-8,10H,4,9,17H2,1H3,(H,18,19). The van der Waals surface area contributed by atoms with Crippen LogP contribution in [0, 0.1) is 0 Å². The van der Waals surface area contributed by atoms with Crippen molar-refractivity contribution in [2.45, 2.75) is 25.8 Å². The van der Waals surface area contributed by atoms with Crippen LogP contribution in [0.1, 0.15) is 29.8 Å². The zero-order valence-electron chi connectivity index (χ0n) is 11.2. The van der Waals surface area contributed by atoms with E-state index in [2.05, 4.69) is 5.32 Å². The van der Waals surface area contributed by atoms with E-state index >= 15 is 0 Å². The largest absolute Gasteiger partial charge is 0.399 e. The number of nitrogen functional groups attached to an aromatic ring is 1. The second kappa shape index (κ2) is 6.77. The Hall–Kier alpha value is -1.52. The number of thiophene rings is 1. The van der Waals surface area contributed by atoms with Crippen molar-refractivity contribution in [3.05, 3.63) is 51.2 Å². The molecule has 0 bridgehead atoms. The molecule has 5 heteroatoms. The molecule has 106 valence electrons. The molecule has 1 amide bonds. The molecule has 2 rings (SSSR count). The van der Waals surface area contributed by atoms with E-state index in [4.69, 9.17) is 17.3 Å². The molecule has 0 fully saturated rings. The molecule has 0 aliphatic rings. The summed E-state index contributed by atoms with van der Waals surface area (Å²) in [7, 11) is 0. The second-order valence-corrected chi connectivity index (χ2v) is 6.42. The molecule has 1 aromatic heterocycles. The van der Waals surface area contributed by atoms with Crippen molar-refractivity contribution in [1.29, 1.82) is 0 Å². The topological polar surface area (TPSA) is 55.1 Å². The zero-order chi connectivity index (χ0) is 14.5. The SMILES string of the molecule is CC(NC(=O)CCc1ccc(N)cc1)c1ccc(Cl)s1. The Kier molecular flexibility index (Phi) is 5.04. The smallest absolute Gasteiger partial charge is 0.220 e. The third kappa shape index (κ3) is 4.25. The molecular weight excluding hydrogens is 292 g/mol. The predicted octanol–water partition coefficient (Wildman–Crippen LogP) is 3.79. The maximum atomic E-state index is 11.9. The number of nitrogens with two attached hydrogens (primary N) is 1. The van der Waals surface area contributed by atoms with Gasteiger partial charge in [0.25, 0.3) is 0 Å². The van der Waals surface area contributed by atoms with Crippen molar-refractivity contribution < 1.29 is 4.79 Å². The first-order valence-electron chi connectivity index (χ1n) is 6.43. The summed E-state index contributed by atoms with van der Waals surface area (Å²) in [5, 5.41) is 2.98. The minimum absolute atomic E-state index is 0.00795. The Bertz CT molecular complexity index is 580. The van der Waals surface area contributed by atoms with E-state index in [1.807, 2.05) is 43.3 Å². The maximum absolute atomic E-state index is 11.9. The highest BCUT2D eigenvalue weighted by molar-refractivity contribution is 7.16. The fraction of sp³-hybridized carbons (Fsp3) is 0.267. The lowest BCUT2D eigenvalue weighted by Crippen LogP contribution is -2.26. The molecule has 1 atom stereocenters. The Morgan fingerprint density at radius 3 is 2.60 bits per heavy atom. The number of aryl methyl sites for hydroxylation is 1. The highest BCUT2D eigenvalue weighted by Gasteiger charge is 2.11. The number of rotatable bonds is 5. The first-order valence-corrected chi connectivity index (χ1v) is 7.63.